The monoisotopic (exact) mass is 465 g/mol. The molecule has 3 heterocycles. The molecule has 1 aromatic carbocycles. The lowest BCUT2D eigenvalue weighted by molar-refractivity contribution is 0.373. The SMILES string of the molecule is Nc1ccc(-c2cc(Oc3ccc4nc(NCC5CCCCC5)sc4c3)cnc2Cl)cn1. The number of halogens is 1. The summed E-state index contributed by atoms with van der Waals surface area (Å²) in [7, 11) is 0. The molecular weight excluding hydrogens is 442 g/mol. The fourth-order valence-electron chi connectivity index (χ4n) is 4.05. The highest BCUT2D eigenvalue weighted by Crippen LogP contribution is 2.34. The Morgan fingerprint density at radius 3 is 2.72 bits per heavy atom. The van der Waals surface area contributed by atoms with Crippen LogP contribution in [0.3, 0.4) is 0 Å². The number of nitrogen functional groups attached to an aromatic ring is 1. The Bertz CT molecular complexity index is 1220. The minimum atomic E-state index is 0.385. The Kier molecular flexibility index (Phi) is 6.10. The predicted molar refractivity (Wildman–Crippen MR) is 132 cm³/mol. The summed E-state index contributed by atoms with van der Waals surface area (Å²) < 4.78 is 7.17. The standard InChI is InChI=1S/C24H24ClN5OS/c25-23-19(16-6-9-22(26)27-13-16)10-18(14-28-23)31-17-7-8-20-21(11-17)32-24(30-20)29-12-15-4-2-1-3-5-15/h6-11,13-15H,1-5,12H2,(H2,26,27)(H,29,30). The topological polar surface area (TPSA) is 86.0 Å². The molecule has 0 aliphatic heterocycles. The van der Waals surface area contributed by atoms with Crippen molar-refractivity contribution in [1.29, 1.82) is 0 Å². The third-order valence-corrected chi connectivity index (χ3v) is 7.05. The third kappa shape index (κ3) is 4.79. The molecule has 6 nitrogen and oxygen atoms in total. The summed E-state index contributed by atoms with van der Waals surface area (Å²) in [6.07, 6.45) is 10.0. The van der Waals surface area contributed by atoms with Gasteiger partial charge in [0, 0.05) is 29.9 Å². The molecular formula is C24H24ClN5OS. The van der Waals surface area contributed by atoms with E-state index in [0.29, 0.717) is 16.7 Å². The maximum atomic E-state index is 6.30. The number of hydrogen-bond donors (Lipinski definition) is 2. The molecule has 32 heavy (non-hydrogen) atoms. The van der Waals surface area contributed by atoms with Gasteiger partial charge >= 0.3 is 0 Å². The van der Waals surface area contributed by atoms with Gasteiger partial charge in [-0.05, 0) is 49.1 Å². The predicted octanol–water partition coefficient (Wildman–Crippen LogP) is 6.77. The minimum Gasteiger partial charge on any atom is -0.456 e. The normalized spacial score (nSPS) is 14.5. The van der Waals surface area contributed by atoms with Crippen molar-refractivity contribution in [1.82, 2.24) is 15.0 Å². The van der Waals surface area contributed by atoms with Crippen molar-refractivity contribution in [2.75, 3.05) is 17.6 Å². The van der Waals surface area contributed by atoms with E-state index in [4.69, 9.17) is 27.1 Å². The number of aromatic nitrogens is 3. The molecule has 0 spiro atoms. The van der Waals surface area contributed by atoms with E-state index in [1.807, 2.05) is 30.3 Å². The van der Waals surface area contributed by atoms with Crippen molar-refractivity contribution in [3.8, 4) is 22.6 Å². The Morgan fingerprint density at radius 1 is 1.03 bits per heavy atom. The molecule has 4 aromatic rings. The molecule has 3 aromatic heterocycles. The number of fused-ring (bicyclic) bond motifs is 1. The molecule has 1 fully saturated rings. The molecule has 1 aliphatic carbocycles. The maximum Gasteiger partial charge on any atom is 0.183 e. The quantitative estimate of drug-likeness (QED) is 0.305. The van der Waals surface area contributed by atoms with E-state index in [1.54, 1.807) is 29.8 Å². The second-order valence-corrected chi connectivity index (χ2v) is 9.51. The average Bonchev–Trinajstić information content (AvgIpc) is 3.23. The number of nitrogens with zero attached hydrogens (tertiary/aromatic N) is 3. The van der Waals surface area contributed by atoms with E-state index in [-0.39, 0.29) is 0 Å². The molecule has 0 amide bonds. The highest BCUT2D eigenvalue weighted by Gasteiger charge is 2.14. The molecule has 3 N–H and O–H groups in total. The number of ether oxygens (including phenoxy) is 1. The third-order valence-electron chi connectivity index (χ3n) is 5.77. The van der Waals surface area contributed by atoms with E-state index in [2.05, 4.69) is 15.3 Å². The molecule has 0 saturated heterocycles. The van der Waals surface area contributed by atoms with Gasteiger partial charge in [0.2, 0.25) is 0 Å². The summed E-state index contributed by atoms with van der Waals surface area (Å²) in [6.45, 7) is 1.00. The van der Waals surface area contributed by atoms with Crippen molar-refractivity contribution < 1.29 is 4.74 Å². The number of anilines is 2. The minimum absolute atomic E-state index is 0.385. The first-order valence-electron chi connectivity index (χ1n) is 10.8. The molecule has 164 valence electrons. The number of nitrogens with one attached hydrogen (secondary N) is 1. The number of pyridine rings is 2. The van der Waals surface area contributed by atoms with Crippen molar-refractivity contribution in [3.63, 3.8) is 0 Å². The van der Waals surface area contributed by atoms with E-state index in [1.165, 1.54) is 32.1 Å². The van der Waals surface area contributed by atoms with Gasteiger partial charge in [-0.15, -0.1) is 0 Å². The zero-order valence-electron chi connectivity index (χ0n) is 17.6. The first-order chi connectivity index (χ1) is 15.6. The van der Waals surface area contributed by atoms with Gasteiger partial charge in [0.1, 0.15) is 22.5 Å². The largest absolute Gasteiger partial charge is 0.456 e. The summed E-state index contributed by atoms with van der Waals surface area (Å²) in [5.41, 5.74) is 8.22. The number of nitrogens with two attached hydrogens (primary N) is 1. The summed E-state index contributed by atoms with van der Waals surface area (Å²) in [6, 6.07) is 11.4. The lowest BCUT2D eigenvalue weighted by Crippen LogP contribution is -2.16. The first kappa shape index (κ1) is 21.0. The summed E-state index contributed by atoms with van der Waals surface area (Å²) in [4.78, 5) is 13.1. The van der Waals surface area contributed by atoms with Crippen molar-refractivity contribution in [2.24, 2.45) is 5.92 Å². The van der Waals surface area contributed by atoms with Crippen LogP contribution in [0, 0.1) is 5.92 Å². The second-order valence-electron chi connectivity index (χ2n) is 8.12. The molecule has 0 bridgehead atoms. The van der Waals surface area contributed by atoms with E-state index >= 15 is 0 Å². The van der Waals surface area contributed by atoms with Crippen LogP contribution in [0.1, 0.15) is 32.1 Å². The fraction of sp³-hybridized carbons (Fsp3) is 0.292. The summed E-state index contributed by atoms with van der Waals surface area (Å²) >= 11 is 7.96. The van der Waals surface area contributed by atoms with Crippen LogP contribution in [0.2, 0.25) is 5.15 Å². The smallest absolute Gasteiger partial charge is 0.183 e. The zero-order chi connectivity index (χ0) is 21.9. The Balaban J connectivity index is 1.31. The maximum absolute atomic E-state index is 6.30. The summed E-state index contributed by atoms with van der Waals surface area (Å²) in [5, 5.41) is 4.89. The van der Waals surface area contributed by atoms with Gasteiger partial charge in [-0.25, -0.2) is 15.0 Å². The van der Waals surface area contributed by atoms with Crippen LogP contribution < -0.4 is 15.8 Å². The fourth-order valence-corrected chi connectivity index (χ4v) is 5.17. The number of rotatable bonds is 6. The lowest BCUT2D eigenvalue weighted by atomic mass is 9.89. The molecule has 8 heteroatoms. The van der Waals surface area contributed by atoms with Crippen molar-refractivity contribution in [3.05, 3.63) is 53.9 Å². The van der Waals surface area contributed by atoms with E-state index in [9.17, 15) is 0 Å². The van der Waals surface area contributed by atoms with Crippen LogP contribution in [0.5, 0.6) is 11.5 Å². The lowest BCUT2D eigenvalue weighted by Gasteiger charge is -2.21. The molecule has 1 saturated carbocycles. The van der Waals surface area contributed by atoms with Crippen molar-refractivity contribution >= 4 is 44.1 Å². The number of benzene rings is 1. The molecule has 1 aliphatic rings. The molecule has 0 atom stereocenters. The zero-order valence-corrected chi connectivity index (χ0v) is 19.1. The molecule has 0 unspecified atom stereocenters. The average molecular weight is 466 g/mol. The van der Waals surface area contributed by atoms with Gasteiger partial charge < -0.3 is 15.8 Å². The van der Waals surface area contributed by atoms with Crippen LogP contribution >= 0.6 is 22.9 Å². The van der Waals surface area contributed by atoms with Gasteiger partial charge in [-0.2, -0.15) is 0 Å². The molecule has 0 radical (unpaired) electrons. The van der Waals surface area contributed by atoms with Crippen LogP contribution in [-0.4, -0.2) is 21.5 Å². The van der Waals surface area contributed by atoms with Crippen LogP contribution in [0.25, 0.3) is 21.3 Å². The highest BCUT2D eigenvalue weighted by molar-refractivity contribution is 7.22. The second kappa shape index (κ2) is 9.30. The molecule has 5 rings (SSSR count). The van der Waals surface area contributed by atoms with Gasteiger partial charge in [-0.1, -0.05) is 42.2 Å². The van der Waals surface area contributed by atoms with Crippen molar-refractivity contribution in [2.45, 2.75) is 32.1 Å². The van der Waals surface area contributed by atoms with Gasteiger partial charge in [0.05, 0.1) is 16.4 Å². The van der Waals surface area contributed by atoms with Crippen LogP contribution in [-0.2, 0) is 0 Å². The van der Waals surface area contributed by atoms with E-state index < -0.39 is 0 Å². The van der Waals surface area contributed by atoms with Gasteiger partial charge in [0.15, 0.2) is 5.13 Å². The van der Waals surface area contributed by atoms with Gasteiger partial charge in [-0.3, -0.25) is 0 Å². The van der Waals surface area contributed by atoms with Crippen LogP contribution in [0.4, 0.5) is 10.9 Å². The Hall–Kier alpha value is -2.90. The number of hydrogen-bond acceptors (Lipinski definition) is 7. The van der Waals surface area contributed by atoms with E-state index in [0.717, 1.165) is 44.7 Å². The van der Waals surface area contributed by atoms with Gasteiger partial charge in [0.25, 0.3) is 0 Å². The first-order valence-corrected chi connectivity index (χ1v) is 12.0. The number of thiazole rings is 1. The summed E-state index contributed by atoms with van der Waals surface area (Å²) in [5.74, 6) is 2.54. The Labute approximate surface area is 195 Å². The Morgan fingerprint density at radius 2 is 1.91 bits per heavy atom. The van der Waals surface area contributed by atoms with Crippen LogP contribution in [0.15, 0.2) is 48.8 Å². The highest BCUT2D eigenvalue weighted by atomic mass is 35.5.